The largest absolute Gasteiger partial charge is 0.573 e. The van der Waals surface area contributed by atoms with E-state index in [4.69, 9.17) is 28.5 Å². The highest BCUT2D eigenvalue weighted by atomic mass is 35.5. The molecular weight excluding hydrogens is 318 g/mol. The molecule has 0 aliphatic rings. The Morgan fingerprint density at radius 2 is 1.85 bits per heavy atom. The first kappa shape index (κ1) is 14.5. The van der Waals surface area contributed by atoms with Gasteiger partial charge < -0.3 is 4.74 Å². The zero-order valence-corrected chi connectivity index (χ0v) is 11.0. The van der Waals surface area contributed by atoms with Crippen molar-refractivity contribution in [3.63, 3.8) is 0 Å². The van der Waals surface area contributed by atoms with Gasteiger partial charge in [-0.15, -0.1) is 13.2 Å². The van der Waals surface area contributed by atoms with Gasteiger partial charge in [-0.1, -0.05) is 23.2 Å². The van der Waals surface area contributed by atoms with Crippen molar-refractivity contribution in [2.45, 2.75) is 6.36 Å². The fraction of sp³-hybridized carbons (Fsp3) is 0.0909. The lowest BCUT2D eigenvalue weighted by Gasteiger charge is -2.12. The van der Waals surface area contributed by atoms with Crippen molar-refractivity contribution >= 4 is 23.2 Å². The second kappa shape index (κ2) is 5.23. The van der Waals surface area contributed by atoms with Crippen molar-refractivity contribution < 1.29 is 17.9 Å². The Hall–Kier alpha value is -1.91. The van der Waals surface area contributed by atoms with Crippen LogP contribution in [0.5, 0.6) is 5.75 Å². The van der Waals surface area contributed by atoms with E-state index in [0.717, 1.165) is 12.1 Å². The third kappa shape index (κ3) is 3.15. The molecule has 0 radical (unpaired) electrons. The molecule has 9 heteroatoms. The van der Waals surface area contributed by atoms with Gasteiger partial charge in [0.05, 0.1) is 10.0 Å². The highest BCUT2D eigenvalue weighted by Crippen LogP contribution is 2.35. The number of ether oxygens (including phenoxy) is 1. The van der Waals surface area contributed by atoms with Crippen molar-refractivity contribution in [3.8, 4) is 17.5 Å². The van der Waals surface area contributed by atoms with Crippen LogP contribution in [0.2, 0.25) is 10.0 Å². The van der Waals surface area contributed by atoms with Crippen LogP contribution in [-0.4, -0.2) is 16.1 Å². The van der Waals surface area contributed by atoms with Crippen LogP contribution in [0.1, 0.15) is 5.69 Å². The van der Waals surface area contributed by atoms with E-state index in [1.54, 1.807) is 6.07 Å². The molecule has 0 aliphatic heterocycles. The lowest BCUT2D eigenvalue weighted by atomic mass is 10.3. The summed E-state index contributed by atoms with van der Waals surface area (Å²) in [6, 6.07) is 5.14. The Balaban J connectivity index is 2.44. The number of rotatable bonds is 2. The molecule has 0 atom stereocenters. The smallest absolute Gasteiger partial charge is 0.406 e. The maximum Gasteiger partial charge on any atom is 0.573 e. The fourth-order valence-corrected chi connectivity index (χ4v) is 2.10. The Kier molecular flexibility index (Phi) is 3.79. The van der Waals surface area contributed by atoms with E-state index in [2.05, 4.69) is 9.84 Å². The number of hydrogen-bond donors (Lipinski definition) is 0. The van der Waals surface area contributed by atoms with E-state index < -0.39 is 12.1 Å². The molecule has 2 aromatic rings. The molecule has 0 saturated heterocycles. The predicted molar refractivity (Wildman–Crippen MR) is 65.0 cm³/mol. The first-order chi connectivity index (χ1) is 9.30. The van der Waals surface area contributed by atoms with Gasteiger partial charge in [0, 0.05) is 18.3 Å². The Labute approximate surface area is 120 Å². The van der Waals surface area contributed by atoms with Crippen LogP contribution in [0, 0.1) is 11.3 Å². The molecule has 4 nitrogen and oxygen atoms in total. The third-order valence-electron chi connectivity index (χ3n) is 2.16. The van der Waals surface area contributed by atoms with Gasteiger partial charge in [0.1, 0.15) is 17.5 Å². The monoisotopic (exact) mass is 321 g/mol. The SMILES string of the molecule is N#Cc1ccn(-c2c(Cl)cc(OC(F)(F)F)cc2Cl)n1. The summed E-state index contributed by atoms with van der Waals surface area (Å²) in [7, 11) is 0. The van der Waals surface area contributed by atoms with E-state index in [9.17, 15) is 13.2 Å². The maximum absolute atomic E-state index is 12.1. The summed E-state index contributed by atoms with van der Waals surface area (Å²) < 4.78 is 41.3. The van der Waals surface area contributed by atoms with Crippen LogP contribution in [0.3, 0.4) is 0 Å². The number of aromatic nitrogens is 2. The summed E-state index contributed by atoms with van der Waals surface area (Å²) in [5.41, 5.74) is 0.275. The number of halogens is 5. The molecule has 0 unspecified atom stereocenters. The summed E-state index contributed by atoms with van der Waals surface area (Å²) in [5, 5.41) is 12.3. The summed E-state index contributed by atoms with van der Waals surface area (Å²) in [4.78, 5) is 0. The summed E-state index contributed by atoms with van der Waals surface area (Å²) in [6.07, 6.45) is -3.43. The van der Waals surface area contributed by atoms with Crippen LogP contribution in [0.15, 0.2) is 24.4 Å². The highest BCUT2D eigenvalue weighted by molar-refractivity contribution is 6.38. The minimum Gasteiger partial charge on any atom is -0.406 e. The molecule has 1 aromatic carbocycles. The van der Waals surface area contributed by atoms with Gasteiger partial charge in [0.25, 0.3) is 0 Å². The molecule has 0 N–H and O–H groups in total. The fourth-order valence-electron chi connectivity index (χ4n) is 1.46. The minimum absolute atomic E-state index is 0.0932. The summed E-state index contributed by atoms with van der Waals surface area (Å²) in [5.74, 6) is -0.538. The lowest BCUT2D eigenvalue weighted by Crippen LogP contribution is -2.17. The summed E-state index contributed by atoms with van der Waals surface area (Å²) in [6.45, 7) is 0. The number of nitriles is 1. The molecule has 0 bridgehead atoms. The number of alkyl halides is 3. The van der Waals surface area contributed by atoms with Crippen molar-refractivity contribution in [1.29, 1.82) is 5.26 Å². The standard InChI is InChI=1S/C11H4Cl2F3N3O/c12-8-3-7(20-11(14,15)16)4-9(13)10(8)19-2-1-6(5-17)18-19/h1-4H. The Bertz CT molecular complexity index is 668. The van der Waals surface area contributed by atoms with E-state index in [0.29, 0.717) is 0 Å². The maximum atomic E-state index is 12.1. The van der Waals surface area contributed by atoms with Gasteiger partial charge in [0.15, 0.2) is 5.69 Å². The van der Waals surface area contributed by atoms with E-state index >= 15 is 0 Å². The van der Waals surface area contributed by atoms with Crippen LogP contribution >= 0.6 is 23.2 Å². The molecular formula is C11H4Cl2F3N3O. The van der Waals surface area contributed by atoms with E-state index in [-0.39, 0.29) is 21.4 Å². The molecule has 0 saturated carbocycles. The molecule has 20 heavy (non-hydrogen) atoms. The topological polar surface area (TPSA) is 50.8 Å². The predicted octanol–water partition coefficient (Wildman–Crippen LogP) is 3.95. The van der Waals surface area contributed by atoms with E-state index in [1.165, 1.54) is 16.9 Å². The van der Waals surface area contributed by atoms with Crippen molar-refractivity contribution in [2.75, 3.05) is 0 Å². The molecule has 104 valence electrons. The summed E-state index contributed by atoms with van der Waals surface area (Å²) >= 11 is 11.7. The van der Waals surface area contributed by atoms with Gasteiger partial charge >= 0.3 is 6.36 Å². The van der Waals surface area contributed by atoms with Gasteiger partial charge in [-0.3, -0.25) is 0 Å². The zero-order valence-electron chi connectivity index (χ0n) is 9.45. The number of nitrogens with zero attached hydrogens (tertiary/aromatic N) is 3. The van der Waals surface area contributed by atoms with Crippen LogP contribution < -0.4 is 4.74 Å². The van der Waals surface area contributed by atoms with Gasteiger partial charge in [-0.2, -0.15) is 10.4 Å². The van der Waals surface area contributed by atoms with Gasteiger partial charge in [-0.05, 0) is 6.07 Å². The normalized spacial score (nSPS) is 11.2. The highest BCUT2D eigenvalue weighted by Gasteiger charge is 2.31. The molecule has 0 amide bonds. The second-order valence-corrected chi connectivity index (χ2v) is 4.36. The molecule has 0 fully saturated rings. The van der Waals surface area contributed by atoms with Crippen LogP contribution in [0.25, 0.3) is 5.69 Å². The number of benzene rings is 1. The van der Waals surface area contributed by atoms with Crippen molar-refractivity contribution in [3.05, 3.63) is 40.1 Å². The zero-order chi connectivity index (χ0) is 14.9. The lowest BCUT2D eigenvalue weighted by molar-refractivity contribution is -0.274. The Morgan fingerprint density at radius 3 is 2.30 bits per heavy atom. The average Bonchev–Trinajstić information content (AvgIpc) is 2.74. The van der Waals surface area contributed by atoms with E-state index in [1.807, 2.05) is 0 Å². The molecule has 0 aliphatic carbocycles. The van der Waals surface area contributed by atoms with Crippen molar-refractivity contribution in [2.24, 2.45) is 0 Å². The minimum atomic E-state index is -4.84. The first-order valence-electron chi connectivity index (χ1n) is 5.01. The number of hydrogen-bond acceptors (Lipinski definition) is 3. The molecule has 2 rings (SSSR count). The molecule has 0 spiro atoms. The first-order valence-corrected chi connectivity index (χ1v) is 5.76. The Morgan fingerprint density at radius 1 is 1.25 bits per heavy atom. The van der Waals surface area contributed by atoms with Crippen LogP contribution in [-0.2, 0) is 0 Å². The quantitative estimate of drug-likeness (QED) is 0.841. The third-order valence-corrected chi connectivity index (χ3v) is 2.73. The second-order valence-electron chi connectivity index (χ2n) is 3.54. The molecule has 1 heterocycles. The van der Waals surface area contributed by atoms with Crippen molar-refractivity contribution in [1.82, 2.24) is 9.78 Å². The average molecular weight is 322 g/mol. The molecule has 1 aromatic heterocycles. The van der Waals surface area contributed by atoms with Gasteiger partial charge in [-0.25, -0.2) is 4.68 Å². The van der Waals surface area contributed by atoms with Gasteiger partial charge in [0.2, 0.25) is 0 Å². The van der Waals surface area contributed by atoms with Crippen LogP contribution in [0.4, 0.5) is 13.2 Å².